The van der Waals surface area contributed by atoms with Gasteiger partial charge in [-0.1, -0.05) is 23.2 Å². The number of likely N-dealkylation sites (N-methyl/N-ethyl adjacent to an activating group) is 1. The van der Waals surface area contributed by atoms with Gasteiger partial charge in [0.2, 0.25) is 5.91 Å². The van der Waals surface area contributed by atoms with Crippen molar-refractivity contribution >= 4 is 29.1 Å². The van der Waals surface area contributed by atoms with Gasteiger partial charge in [-0.15, -0.1) is 0 Å². The predicted octanol–water partition coefficient (Wildman–Crippen LogP) is 2.13. The summed E-state index contributed by atoms with van der Waals surface area (Å²) in [5.41, 5.74) is 1.82. The zero-order chi connectivity index (χ0) is 17.4. The Morgan fingerprint density at radius 1 is 1.46 bits per heavy atom. The molecule has 2 aliphatic rings. The van der Waals surface area contributed by atoms with Gasteiger partial charge in [0.05, 0.1) is 31.4 Å². The van der Waals surface area contributed by atoms with Gasteiger partial charge >= 0.3 is 0 Å². The Morgan fingerprint density at radius 2 is 2.21 bits per heavy atom. The van der Waals surface area contributed by atoms with E-state index in [1.165, 1.54) is 0 Å². The van der Waals surface area contributed by atoms with E-state index in [1.54, 1.807) is 6.07 Å². The highest BCUT2D eigenvalue weighted by Gasteiger charge is 2.37. The van der Waals surface area contributed by atoms with Crippen LogP contribution in [-0.4, -0.2) is 66.3 Å². The molecule has 1 saturated heterocycles. The minimum Gasteiger partial charge on any atom is -0.391 e. The van der Waals surface area contributed by atoms with Crippen LogP contribution in [0.3, 0.4) is 0 Å². The number of aliphatic hydroxyl groups is 1. The molecule has 0 bridgehead atoms. The van der Waals surface area contributed by atoms with Crippen LogP contribution in [0, 0.1) is 0 Å². The first-order valence-corrected chi connectivity index (χ1v) is 8.88. The molecule has 0 unspecified atom stereocenters. The second-order valence-electron chi connectivity index (χ2n) is 6.61. The second kappa shape index (κ2) is 7.18. The summed E-state index contributed by atoms with van der Waals surface area (Å²) in [5.74, 6) is 0.0430. The fraction of sp³-hybridized carbons (Fsp3) is 0.588. The first-order valence-electron chi connectivity index (χ1n) is 8.12. The van der Waals surface area contributed by atoms with Crippen molar-refractivity contribution in [3.05, 3.63) is 33.3 Å². The summed E-state index contributed by atoms with van der Waals surface area (Å²) in [4.78, 5) is 16.3. The minimum atomic E-state index is -0.600. The van der Waals surface area contributed by atoms with E-state index in [1.807, 2.05) is 29.8 Å². The summed E-state index contributed by atoms with van der Waals surface area (Å²) < 4.78 is 5.48. The van der Waals surface area contributed by atoms with E-state index in [4.69, 9.17) is 27.9 Å². The summed E-state index contributed by atoms with van der Waals surface area (Å²) in [7, 11) is 1.85. The lowest BCUT2D eigenvalue weighted by Crippen LogP contribution is -2.48. The number of rotatable bonds is 3. The maximum absolute atomic E-state index is 12.6. The highest BCUT2D eigenvalue weighted by Crippen LogP contribution is 2.40. The highest BCUT2D eigenvalue weighted by molar-refractivity contribution is 6.35. The van der Waals surface area contributed by atoms with Crippen LogP contribution < -0.4 is 0 Å². The number of fused-ring (bicyclic) bond motifs is 1. The molecular weight excluding hydrogens is 351 g/mol. The Kier molecular flexibility index (Phi) is 5.37. The predicted molar refractivity (Wildman–Crippen MR) is 93.5 cm³/mol. The molecular formula is C17H22Cl2N2O3. The number of aliphatic hydroxyl groups excluding tert-OH is 1. The number of nitrogens with zero attached hydrogens (tertiary/aromatic N) is 2. The fourth-order valence-corrected chi connectivity index (χ4v) is 4.20. The zero-order valence-corrected chi connectivity index (χ0v) is 15.3. The van der Waals surface area contributed by atoms with E-state index >= 15 is 0 Å². The first kappa shape index (κ1) is 18.0. The third-order valence-electron chi connectivity index (χ3n) is 4.74. The number of carbonyl (C=O) groups is 1. The lowest BCUT2D eigenvalue weighted by molar-refractivity contribution is -0.140. The number of hydrogen-bond donors (Lipinski definition) is 1. The molecule has 1 amide bonds. The number of morpholine rings is 1. The lowest BCUT2D eigenvalue weighted by Gasteiger charge is -2.34. The van der Waals surface area contributed by atoms with E-state index < -0.39 is 6.10 Å². The molecule has 1 fully saturated rings. The summed E-state index contributed by atoms with van der Waals surface area (Å²) in [5, 5.41) is 11.6. The van der Waals surface area contributed by atoms with E-state index in [0.29, 0.717) is 36.2 Å². The van der Waals surface area contributed by atoms with Crippen molar-refractivity contribution < 1.29 is 14.6 Å². The molecule has 3 atom stereocenters. The Labute approximate surface area is 152 Å². The van der Waals surface area contributed by atoms with Gasteiger partial charge in [-0.05, 0) is 37.2 Å². The molecule has 24 heavy (non-hydrogen) atoms. The molecule has 5 nitrogen and oxygen atoms in total. The van der Waals surface area contributed by atoms with Gasteiger partial charge in [0, 0.05) is 29.6 Å². The van der Waals surface area contributed by atoms with Crippen LogP contribution in [0.1, 0.15) is 24.1 Å². The normalized spacial score (nSPS) is 26.8. The number of hydrogen-bond acceptors (Lipinski definition) is 4. The molecule has 1 aromatic rings. The molecule has 0 radical (unpaired) electrons. The van der Waals surface area contributed by atoms with Crippen LogP contribution in [0.2, 0.25) is 10.0 Å². The molecule has 1 aliphatic carbocycles. The maximum atomic E-state index is 12.6. The van der Waals surface area contributed by atoms with Crippen LogP contribution >= 0.6 is 23.2 Å². The molecule has 1 N–H and O–H groups in total. The van der Waals surface area contributed by atoms with Gasteiger partial charge in [0.25, 0.3) is 0 Å². The molecule has 1 aliphatic heterocycles. The largest absolute Gasteiger partial charge is 0.391 e. The first-order chi connectivity index (χ1) is 11.4. The topological polar surface area (TPSA) is 53.0 Å². The third kappa shape index (κ3) is 3.55. The Hall–Kier alpha value is -0.850. The third-order valence-corrected chi connectivity index (χ3v) is 5.30. The van der Waals surface area contributed by atoms with Gasteiger partial charge in [0.1, 0.15) is 0 Å². The van der Waals surface area contributed by atoms with Crippen molar-refractivity contribution in [3.63, 3.8) is 0 Å². The number of benzene rings is 1. The van der Waals surface area contributed by atoms with Crippen LogP contribution in [0.5, 0.6) is 0 Å². The quantitative estimate of drug-likeness (QED) is 0.882. The summed E-state index contributed by atoms with van der Waals surface area (Å²) in [6.45, 7) is 3.98. The number of halogens is 2. The summed E-state index contributed by atoms with van der Waals surface area (Å²) in [6.07, 6.45) is -0.0656. The van der Waals surface area contributed by atoms with Crippen molar-refractivity contribution in [3.8, 4) is 0 Å². The van der Waals surface area contributed by atoms with E-state index in [-0.39, 0.29) is 24.6 Å². The summed E-state index contributed by atoms with van der Waals surface area (Å²) >= 11 is 12.4. The van der Waals surface area contributed by atoms with Gasteiger partial charge < -0.3 is 14.7 Å². The monoisotopic (exact) mass is 372 g/mol. The van der Waals surface area contributed by atoms with Gasteiger partial charge in [0.15, 0.2) is 0 Å². The molecule has 3 rings (SSSR count). The molecule has 132 valence electrons. The van der Waals surface area contributed by atoms with Crippen molar-refractivity contribution in [1.82, 2.24) is 9.80 Å². The molecule has 0 spiro atoms. The average Bonchev–Trinajstić information content (AvgIpc) is 2.83. The van der Waals surface area contributed by atoms with Crippen LogP contribution in [-0.2, 0) is 16.0 Å². The van der Waals surface area contributed by atoms with E-state index in [0.717, 1.165) is 11.1 Å². The number of ether oxygens (including phenoxy) is 1. The SMILES string of the molecule is C[C@@H]1CN(C(=O)CN(C)[C@H]2c3cc(Cl)cc(Cl)c3C[C@H]2O)CCO1. The van der Waals surface area contributed by atoms with Crippen LogP contribution in [0.25, 0.3) is 0 Å². The van der Waals surface area contributed by atoms with Crippen molar-refractivity contribution in [2.75, 3.05) is 33.3 Å². The number of amides is 1. The minimum absolute atomic E-state index is 0.0430. The average molecular weight is 373 g/mol. The molecule has 1 heterocycles. The molecule has 0 saturated carbocycles. The van der Waals surface area contributed by atoms with Gasteiger partial charge in [-0.25, -0.2) is 0 Å². The Balaban J connectivity index is 1.74. The molecule has 7 heteroatoms. The van der Waals surface area contributed by atoms with E-state index in [9.17, 15) is 9.90 Å². The van der Waals surface area contributed by atoms with Crippen LogP contribution in [0.15, 0.2) is 12.1 Å². The Bertz CT molecular complexity index is 641. The summed E-state index contributed by atoms with van der Waals surface area (Å²) in [6, 6.07) is 3.25. The van der Waals surface area contributed by atoms with Crippen molar-refractivity contribution in [2.24, 2.45) is 0 Å². The maximum Gasteiger partial charge on any atom is 0.236 e. The van der Waals surface area contributed by atoms with Crippen molar-refractivity contribution in [2.45, 2.75) is 31.6 Å². The zero-order valence-electron chi connectivity index (χ0n) is 13.8. The second-order valence-corrected chi connectivity index (χ2v) is 7.45. The van der Waals surface area contributed by atoms with Gasteiger partial charge in [-0.3, -0.25) is 9.69 Å². The standard InChI is InChI=1S/C17H22Cl2N2O3/c1-10-8-21(3-4-24-10)16(23)9-20(2)17-13-5-11(18)6-14(19)12(13)7-15(17)22/h5-6,10,15,17,22H,3-4,7-9H2,1-2H3/t10-,15-,17+/m1/s1. The molecule has 1 aromatic carbocycles. The number of carbonyl (C=O) groups excluding carboxylic acids is 1. The smallest absolute Gasteiger partial charge is 0.236 e. The Morgan fingerprint density at radius 3 is 2.92 bits per heavy atom. The highest BCUT2D eigenvalue weighted by atomic mass is 35.5. The fourth-order valence-electron chi connectivity index (χ4n) is 3.62. The lowest BCUT2D eigenvalue weighted by atomic mass is 10.1. The van der Waals surface area contributed by atoms with E-state index in [2.05, 4.69) is 0 Å². The molecule has 0 aromatic heterocycles. The van der Waals surface area contributed by atoms with Crippen LogP contribution in [0.4, 0.5) is 0 Å². The van der Waals surface area contributed by atoms with Crippen molar-refractivity contribution in [1.29, 1.82) is 0 Å². The van der Waals surface area contributed by atoms with Gasteiger partial charge in [-0.2, -0.15) is 0 Å².